The summed E-state index contributed by atoms with van der Waals surface area (Å²) in [5.41, 5.74) is 2.36. The Morgan fingerprint density at radius 2 is 1.43 bits per heavy atom. The molecule has 6 heteroatoms. The van der Waals surface area contributed by atoms with Crippen molar-refractivity contribution < 1.29 is 23.8 Å². The summed E-state index contributed by atoms with van der Waals surface area (Å²) in [4.78, 5) is 24.5. The summed E-state index contributed by atoms with van der Waals surface area (Å²) in [6.07, 6.45) is 0. The van der Waals surface area contributed by atoms with Crippen LogP contribution in [0.3, 0.4) is 0 Å². The minimum absolute atomic E-state index is 0.0613. The fourth-order valence-corrected chi connectivity index (χ4v) is 2.69. The van der Waals surface area contributed by atoms with Gasteiger partial charge in [-0.1, -0.05) is 12.1 Å². The van der Waals surface area contributed by atoms with E-state index in [1.165, 1.54) is 6.92 Å². The number of ether oxygens (including phenoxy) is 3. The van der Waals surface area contributed by atoms with Crippen LogP contribution in [0.2, 0.25) is 0 Å². The average molecular weight is 385 g/mol. The molecule has 2 aromatic rings. The normalized spacial score (nSPS) is 10.3. The number of rotatable bonds is 9. The molecule has 0 aliphatic heterocycles. The van der Waals surface area contributed by atoms with Crippen LogP contribution in [0.1, 0.15) is 54.0 Å². The van der Waals surface area contributed by atoms with Crippen LogP contribution in [-0.2, 0) is 0 Å². The van der Waals surface area contributed by atoms with Gasteiger partial charge in [-0.3, -0.25) is 9.59 Å². The number of hydrogen-bond donors (Lipinski definition) is 1. The van der Waals surface area contributed by atoms with Crippen molar-refractivity contribution in [2.45, 2.75) is 34.6 Å². The van der Waals surface area contributed by atoms with Crippen LogP contribution in [0.4, 0.5) is 5.69 Å². The van der Waals surface area contributed by atoms with E-state index in [0.717, 1.165) is 5.56 Å². The van der Waals surface area contributed by atoms with Crippen molar-refractivity contribution in [3.05, 3.63) is 47.0 Å². The Morgan fingerprint density at radius 1 is 0.857 bits per heavy atom. The summed E-state index contributed by atoms with van der Waals surface area (Å²) in [5.74, 6) is 1.00. The first-order valence-electron chi connectivity index (χ1n) is 9.40. The van der Waals surface area contributed by atoms with Gasteiger partial charge in [0.1, 0.15) is 0 Å². The largest absolute Gasteiger partial charge is 0.490 e. The molecule has 0 atom stereocenters. The number of amides is 1. The van der Waals surface area contributed by atoms with Crippen molar-refractivity contribution >= 4 is 17.4 Å². The van der Waals surface area contributed by atoms with Crippen molar-refractivity contribution in [3.63, 3.8) is 0 Å². The number of benzene rings is 2. The maximum atomic E-state index is 12.9. The van der Waals surface area contributed by atoms with Crippen LogP contribution < -0.4 is 19.5 Å². The Hall–Kier alpha value is -3.02. The Kier molecular flexibility index (Phi) is 7.44. The van der Waals surface area contributed by atoms with E-state index in [2.05, 4.69) is 5.32 Å². The van der Waals surface area contributed by atoms with Gasteiger partial charge in [-0.2, -0.15) is 0 Å². The molecular weight excluding hydrogens is 358 g/mol. The highest BCUT2D eigenvalue weighted by Gasteiger charge is 2.19. The minimum atomic E-state index is -0.325. The van der Waals surface area contributed by atoms with Crippen LogP contribution in [0.5, 0.6) is 17.2 Å². The lowest BCUT2D eigenvalue weighted by Gasteiger charge is -2.17. The van der Waals surface area contributed by atoms with Crippen LogP contribution in [-0.4, -0.2) is 31.5 Å². The molecule has 1 N–H and O–H groups in total. The number of carbonyl (C=O) groups excluding carboxylic acids is 2. The predicted molar refractivity (Wildman–Crippen MR) is 109 cm³/mol. The zero-order valence-electron chi connectivity index (χ0n) is 17.0. The van der Waals surface area contributed by atoms with E-state index >= 15 is 0 Å². The van der Waals surface area contributed by atoms with Gasteiger partial charge in [-0.25, -0.2) is 0 Å². The molecule has 0 aliphatic rings. The highest BCUT2D eigenvalue weighted by Crippen LogP contribution is 2.39. The van der Waals surface area contributed by atoms with E-state index in [9.17, 15) is 9.59 Å². The molecule has 0 saturated carbocycles. The highest BCUT2D eigenvalue weighted by molar-refractivity contribution is 6.06. The molecule has 0 bridgehead atoms. The summed E-state index contributed by atoms with van der Waals surface area (Å²) in [7, 11) is 0. The van der Waals surface area contributed by atoms with Gasteiger partial charge in [-0.15, -0.1) is 0 Å². The molecule has 0 heterocycles. The number of ketones is 1. The van der Waals surface area contributed by atoms with E-state index in [4.69, 9.17) is 14.2 Å². The van der Waals surface area contributed by atoms with Gasteiger partial charge < -0.3 is 19.5 Å². The van der Waals surface area contributed by atoms with Crippen molar-refractivity contribution in [2.24, 2.45) is 0 Å². The average Bonchev–Trinajstić information content (AvgIpc) is 2.66. The number of nitrogens with one attached hydrogen (secondary N) is 1. The zero-order chi connectivity index (χ0) is 20.7. The number of carbonyl (C=O) groups is 2. The lowest BCUT2D eigenvalue weighted by Crippen LogP contribution is -2.14. The standard InChI is InChI=1S/C22H27NO5/c1-6-26-19-12-17(13-20(27-7-2)21(19)28-8-3)22(25)23-18-11-16(15(5)24)10-9-14(18)4/h9-13H,6-8H2,1-5H3,(H,23,25). The highest BCUT2D eigenvalue weighted by atomic mass is 16.5. The first kappa shape index (κ1) is 21.3. The maximum absolute atomic E-state index is 12.9. The predicted octanol–water partition coefficient (Wildman–Crippen LogP) is 4.65. The summed E-state index contributed by atoms with van der Waals surface area (Å²) in [6, 6.07) is 8.50. The van der Waals surface area contributed by atoms with Crippen molar-refractivity contribution in [1.29, 1.82) is 0 Å². The van der Waals surface area contributed by atoms with Crippen LogP contribution in [0, 0.1) is 6.92 Å². The number of aryl methyl sites for hydroxylation is 1. The monoisotopic (exact) mass is 385 g/mol. The lowest BCUT2D eigenvalue weighted by atomic mass is 10.1. The Balaban J connectivity index is 2.42. The van der Waals surface area contributed by atoms with Gasteiger partial charge in [-0.05, 0) is 58.4 Å². The van der Waals surface area contributed by atoms with Gasteiger partial charge in [0.2, 0.25) is 5.75 Å². The van der Waals surface area contributed by atoms with Crippen molar-refractivity contribution in [1.82, 2.24) is 0 Å². The third-order valence-electron chi connectivity index (χ3n) is 4.06. The molecular formula is C22H27NO5. The first-order valence-corrected chi connectivity index (χ1v) is 9.40. The molecule has 28 heavy (non-hydrogen) atoms. The van der Waals surface area contributed by atoms with Crippen molar-refractivity contribution in [2.75, 3.05) is 25.1 Å². The molecule has 0 unspecified atom stereocenters. The third kappa shape index (κ3) is 5.03. The summed E-state index contributed by atoms with van der Waals surface area (Å²) in [6.45, 7) is 10.3. The van der Waals surface area contributed by atoms with Gasteiger partial charge in [0.25, 0.3) is 5.91 Å². The number of Topliss-reactive ketones (excluding diaryl/α,β-unsaturated/α-hetero) is 1. The van der Waals surface area contributed by atoms with E-state index in [1.54, 1.807) is 24.3 Å². The Morgan fingerprint density at radius 3 is 1.93 bits per heavy atom. The number of hydrogen-bond acceptors (Lipinski definition) is 5. The van der Waals surface area contributed by atoms with Gasteiger partial charge >= 0.3 is 0 Å². The molecule has 1 amide bonds. The van der Waals surface area contributed by atoms with Gasteiger partial charge in [0, 0.05) is 16.8 Å². The second kappa shape index (κ2) is 9.78. The SMILES string of the molecule is CCOc1cc(C(=O)Nc2cc(C(C)=O)ccc2C)cc(OCC)c1OCC. The van der Waals surface area contributed by atoms with Crippen LogP contribution in [0.25, 0.3) is 0 Å². The smallest absolute Gasteiger partial charge is 0.255 e. The van der Waals surface area contributed by atoms with Gasteiger partial charge in [0.15, 0.2) is 17.3 Å². The second-order valence-corrected chi connectivity index (χ2v) is 6.14. The van der Waals surface area contributed by atoms with Crippen molar-refractivity contribution in [3.8, 4) is 17.2 Å². The van der Waals surface area contributed by atoms with Crippen LogP contribution >= 0.6 is 0 Å². The Bertz CT molecular complexity index is 833. The molecule has 0 aliphatic carbocycles. The van der Waals surface area contributed by atoms with Gasteiger partial charge in [0.05, 0.1) is 19.8 Å². The summed E-state index contributed by atoms with van der Waals surface area (Å²) < 4.78 is 17.0. The molecule has 150 valence electrons. The molecule has 2 rings (SSSR count). The zero-order valence-corrected chi connectivity index (χ0v) is 17.0. The van der Waals surface area contributed by atoms with E-state index in [-0.39, 0.29) is 11.7 Å². The number of anilines is 1. The molecule has 0 saturated heterocycles. The first-order chi connectivity index (χ1) is 13.4. The molecule has 2 aromatic carbocycles. The fourth-order valence-electron chi connectivity index (χ4n) is 2.69. The molecule has 0 spiro atoms. The van der Waals surface area contributed by atoms with E-state index in [1.807, 2.05) is 33.8 Å². The quantitative estimate of drug-likeness (QED) is 0.636. The fraction of sp³-hybridized carbons (Fsp3) is 0.364. The molecule has 0 aromatic heterocycles. The minimum Gasteiger partial charge on any atom is -0.490 e. The lowest BCUT2D eigenvalue weighted by molar-refractivity contribution is 0.101. The third-order valence-corrected chi connectivity index (χ3v) is 4.06. The maximum Gasteiger partial charge on any atom is 0.255 e. The van der Waals surface area contributed by atoms with Crippen LogP contribution in [0.15, 0.2) is 30.3 Å². The summed E-state index contributed by atoms with van der Waals surface area (Å²) >= 11 is 0. The molecule has 0 radical (unpaired) electrons. The van der Waals surface area contributed by atoms with E-state index < -0.39 is 0 Å². The molecule has 0 fully saturated rings. The Labute approximate surface area is 165 Å². The molecule has 6 nitrogen and oxygen atoms in total. The second-order valence-electron chi connectivity index (χ2n) is 6.14. The topological polar surface area (TPSA) is 73.9 Å². The summed E-state index contributed by atoms with van der Waals surface area (Å²) in [5, 5.41) is 2.87. The van der Waals surface area contributed by atoms with E-state index in [0.29, 0.717) is 53.9 Å².